The summed E-state index contributed by atoms with van der Waals surface area (Å²) in [5, 5.41) is 8.17. The first-order valence-electron chi connectivity index (χ1n) is 3.04. The van der Waals surface area contributed by atoms with Crippen LogP contribution in [0.15, 0.2) is 0 Å². The summed E-state index contributed by atoms with van der Waals surface area (Å²) in [7, 11) is 1.25. The third-order valence-electron chi connectivity index (χ3n) is 0.926. The van der Waals surface area contributed by atoms with E-state index in [1.165, 1.54) is 7.11 Å². The molecule has 0 aromatic heterocycles. The zero-order chi connectivity index (χ0) is 8.69. The molecule has 0 spiro atoms. The van der Waals surface area contributed by atoms with E-state index in [4.69, 9.17) is 5.11 Å². The molecule has 0 aromatic carbocycles. The number of ether oxygens (including phenoxy) is 2. The van der Waals surface area contributed by atoms with Gasteiger partial charge in [0.2, 0.25) is 0 Å². The van der Waals surface area contributed by atoms with Gasteiger partial charge >= 0.3 is 11.9 Å². The van der Waals surface area contributed by atoms with Gasteiger partial charge in [-0.1, -0.05) is 0 Å². The van der Waals surface area contributed by atoms with Crippen molar-refractivity contribution in [3.63, 3.8) is 0 Å². The predicted molar refractivity (Wildman–Crippen MR) is 34.7 cm³/mol. The number of carbonyl (C=O) groups excluding carboxylic acids is 2. The van der Waals surface area contributed by atoms with Crippen LogP contribution >= 0.6 is 0 Å². The fourth-order valence-electron chi connectivity index (χ4n) is 0.396. The molecule has 0 aliphatic carbocycles. The van der Waals surface area contributed by atoms with E-state index in [2.05, 4.69) is 9.47 Å². The zero-order valence-electron chi connectivity index (χ0n) is 6.20. The first-order chi connectivity index (χ1) is 5.20. The van der Waals surface area contributed by atoms with Crippen molar-refractivity contribution in [3.8, 4) is 0 Å². The summed E-state index contributed by atoms with van der Waals surface area (Å²) in [6, 6.07) is 0. The van der Waals surface area contributed by atoms with Gasteiger partial charge in [-0.3, -0.25) is 4.79 Å². The standard InChI is InChI=1S/C6H10O5/c1-10-5(8)2-3-11-6(9)4-7/h7H,2-4H2,1H3. The maximum Gasteiger partial charge on any atom is 0.331 e. The van der Waals surface area contributed by atoms with Crippen molar-refractivity contribution < 1.29 is 24.2 Å². The lowest BCUT2D eigenvalue weighted by Crippen LogP contribution is -2.13. The van der Waals surface area contributed by atoms with Crippen LogP contribution in [0, 0.1) is 0 Å². The van der Waals surface area contributed by atoms with Gasteiger partial charge in [-0.25, -0.2) is 4.79 Å². The average Bonchev–Trinajstić information content (AvgIpc) is 2.04. The summed E-state index contributed by atoms with van der Waals surface area (Å²) in [5.41, 5.74) is 0. The molecular formula is C6H10O5. The van der Waals surface area contributed by atoms with Gasteiger partial charge < -0.3 is 14.6 Å². The Bertz CT molecular complexity index is 126. The summed E-state index contributed by atoms with van der Waals surface area (Å²) >= 11 is 0. The van der Waals surface area contributed by atoms with Crippen LogP contribution in [-0.4, -0.2) is 37.4 Å². The van der Waals surface area contributed by atoms with Crippen LogP contribution in [0.1, 0.15) is 6.42 Å². The van der Waals surface area contributed by atoms with Crippen molar-refractivity contribution in [2.24, 2.45) is 0 Å². The number of hydrogen-bond acceptors (Lipinski definition) is 5. The van der Waals surface area contributed by atoms with Crippen molar-refractivity contribution in [1.29, 1.82) is 0 Å². The second-order valence-electron chi connectivity index (χ2n) is 1.70. The number of rotatable bonds is 4. The molecule has 0 rings (SSSR count). The van der Waals surface area contributed by atoms with Gasteiger partial charge in [-0.2, -0.15) is 0 Å². The number of aliphatic hydroxyl groups excluding tert-OH is 1. The summed E-state index contributed by atoms with van der Waals surface area (Å²) < 4.78 is 8.65. The smallest absolute Gasteiger partial charge is 0.331 e. The molecule has 0 fully saturated rings. The average molecular weight is 162 g/mol. The molecule has 0 aliphatic heterocycles. The Labute approximate surface area is 63.9 Å². The minimum absolute atomic E-state index is 0.0161. The van der Waals surface area contributed by atoms with Crippen LogP contribution in [0.3, 0.4) is 0 Å². The van der Waals surface area contributed by atoms with E-state index in [0.29, 0.717) is 0 Å². The van der Waals surface area contributed by atoms with Crippen LogP contribution in [0.2, 0.25) is 0 Å². The van der Waals surface area contributed by atoms with Gasteiger partial charge in [-0.15, -0.1) is 0 Å². The Morgan fingerprint density at radius 3 is 2.45 bits per heavy atom. The molecule has 0 bridgehead atoms. The highest BCUT2D eigenvalue weighted by atomic mass is 16.6. The molecule has 11 heavy (non-hydrogen) atoms. The SMILES string of the molecule is COC(=O)CCOC(=O)CO. The van der Waals surface area contributed by atoms with E-state index in [1.807, 2.05) is 0 Å². The summed E-state index contributed by atoms with van der Waals surface area (Å²) in [5.74, 6) is -1.19. The van der Waals surface area contributed by atoms with E-state index < -0.39 is 18.5 Å². The topological polar surface area (TPSA) is 72.8 Å². The Morgan fingerprint density at radius 1 is 1.36 bits per heavy atom. The number of hydrogen-bond donors (Lipinski definition) is 1. The number of carbonyl (C=O) groups is 2. The van der Waals surface area contributed by atoms with Crippen molar-refractivity contribution in [3.05, 3.63) is 0 Å². The van der Waals surface area contributed by atoms with Crippen LogP contribution in [-0.2, 0) is 19.1 Å². The number of methoxy groups -OCH3 is 1. The van der Waals surface area contributed by atoms with E-state index in [0.717, 1.165) is 0 Å². The van der Waals surface area contributed by atoms with Crippen LogP contribution in [0.25, 0.3) is 0 Å². The van der Waals surface area contributed by atoms with Crippen molar-refractivity contribution in [2.75, 3.05) is 20.3 Å². The minimum atomic E-state index is -0.742. The van der Waals surface area contributed by atoms with Gasteiger partial charge in [0.05, 0.1) is 13.5 Å². The van der Waals surface area contributed by atoms with Crippen LogP contribution < -0.4 is 0 Å². The van der Waals surface area contributed by atoms with Gasteiger partial charge in [0.15, 0.2) is 0 Å². The fourth-order valence-corrected chi connectivity index (χ4v) is 0.396. The lowest BCUT2D eigenvalue weighted by molar-refractivity contribution is -0.150. The van der Waals surface area contributed by atoms with E-state index in [9.17, 15) is 9.59 Å². The molecule has 5 heteroatoms. The Morgan fingerprint density at radius 2 is 2.00 bits per heavy atom. The monoisotopic (exact) mass is 162 g/mol. The Kier molecular flexibility index (Phi) is 5.10. The molecular weight excluding hydrogens is 152 g/mol. The lowest BCUT2D eigenvalue weighted by atomic mass is 10.5. The lowest BCUT2D eigenvalue weighted by Gasteiger charge is -2.00. The molecule has 0 aliphatic rings. The molecule has 0 atom stereocenters. The molecule has 0 saturated carbocycles. The Hall–Kier alpha value is -1.10. The normalized spacial score (nSPS) is 8.91. The predicted octanol–water partition coefficient (Wildman–Crippen LogP) is -0.915. The van der Waals surface area contributed by atoms with Gasteiger partial charge in [0.25, 0.3) is 0 Å². The van der Waals surface area contributed by atoms with E-state index in [-0.39, 0.29) is 13.0 Å². The van der Waals surface area contributed by atoms with E-state index >= 15 is 0 Å². The maximum atomic E-state index is 10.4. The molecule has 0 unspecified atom stereocenters. The highest BCUT2D eigenvalue weighted by molar-refractivity contribution is 5.72. The zero-order valence-corrected chi connectivity index (χ0v) is 6.20. The number of esters is 2. The highest BCUT2D eigenvalue weighted by Crippen LogP contribution is 1.86. The molecule has 0 saturated heterocycles. The minimum Gasteiger partial charge on any atom is -0.469 e. The van der Waals surface area contributed by atoms with E-state index in [1.54, 1.807) is 0 Å². The van der Waals surface area contributed by atoms with Crippen molar-refractivity contribution >= 4 is 11.9 Å². The first-order valence-corrected chi connectivity index (χ1v) is 3.04. The molecule has 0 heterocycles. The van der Waals surface area contributed by atoms with Crippen LogP contribution in [0.5, 0.6) is 0 Å². The Balaban J connectivity index is 3.27. The molecule has 0 amide bonds. The first kappa shape index (κ1) is 9.90. The third-order valence-corrected chi connectivity index (χ3v) is 0.926. The molecule has 1 N–H and O–H groups in total. The third kappa shape index (κ3) is 5.35. The molecule has 5 nitrogen and oxygen atoms in total. The molecule has 0 aromatic rings. The van der Waals surface area contributed by atoms with Gasteiger partial charge in [-0.05, 0) is 0 Å². The summed E-state index contributed by atoms with van der Waals surface area (Å²) in [6.07, 6.45) is 0.0161. The van der Waals surface area contributed by atoms with Gasteiger partial charge in [0.1, 0.15) is 13.2 Å². The highest BCUT2D eigenvalue weighted by Gasteiger charge is 2.02. The van der Waals surface area contributed by atoms with Crippen molar-refractivity contribution in [2.45, 2.75) is 6.42 Å². The molecule has 0 radical (unpaired) electrons. The van der Waals surface area contributed by atoms with Crippen molar-refractivity contribution in [1.82, 2.24) is 0 Å². The summed E-state index contributed by atoms with van der Waals surface area (Å²) in [4.78, 5) is 20.7. The molecule has 64 valence electrons. The van der Waals surface area contributed by atoms with Gasteiger partial charge in [0, 0.05) is 0 Å². The van der Waals surface area contributed by atoms with Crippen LogP contribution in [0.4, 0.5) is 0 Å². The fraction of sp³-hybridized carbons (Fsp3) is 0.667. The largest absolute Gasteiger partial charge is 0.469 e. The maximum absolute atomic E-state index is 10.4. The second kappa shape index (κ2) is 5.67. The number of aliphatic hydroxyl groups is 1. The quantitative estimate of drug-likeness (QED) is 0.541. The summed E-state index contributed by atoms with van der Waals surface area (Å²) in [6.45, 7) is -0.715. The second-order valence-corrected chi connectivity index (χ2v) is 1.70.